The molecule has 1 heterocycles. The number of fused-ring (bicyclic) bond motifs is 1. The maximum absolute atomic E-state index is 13.0. The van der Waals surface area contributed by atoms with Crippen LogP contribution >= 0.6 is 12.2 Å². The van der Waals surface area contributed by atoms with Crippen LogP contribution in [0.15, 0.2) is 48.5 Å². The number of halogens is 1. The molecule has 4 rings (SSSR count). The molecule has 0 aliphatic heterocycles. The molecule has 0 saturated heterocycles. The highest BCUT2D eigenvalue weighted by Crippen LogP contribution is 2.26. The van der Waals surface area contributed by atoms with Crippen LogP contribution in [0.2, 0.25) is 0 Å². The number of thiocarbonyl (C=S) groups is 1. The molecule has 0 unspecified atom stereocenters. The Labute approximate surface area is 193 Å². The smallest absolute Gasteiger partial charge is 0.225 e. The van der Waals surface area contributed by atoms with Crippen LogP contribution in [0.1, 0.15) is 31.2 Å². The lowest BCUT2D eigenvalue weighted by atomic mass is 9.91. The summed E-state index contributed by atoms with van der Waals surface area (Å²) in [5, 5.41) is 11.9. The van der Waals surface area contributed by atoms with E-state index in [2.05, 4.69) is 22.0 Å². The molecule has 2 aromatic carbocycles. The first kappa shape index (κ1) is 22.2. The maximum Gasteiger partial charge on any atom is 0.225 e. The van der Waals surface area contributed by atoms with Crippen molar-refractivity contribution in [2.75, 3.05) is 24.3 Å². The van der Waals surface area contributed by atoms with Crippen LogP contribution in [-0.2, 0) is 6.54 Å². The van der Waals surface area contributed by atoms with Gasteiger partial charge >= 0.3 is 0 Å². The zero-order valence-electron chi connectivity index (χ0n) is 18.4. The Morgan fingerprint density at radius 3 is 2.41 bits per heavy atom. The molecule has 0 bridgehead atoms. The average Bonchev–Trinajstić information content (AvgIpc) is 2.79. The molecule has 0 amide bonds. The van der Waals surface area contributed by atoms with Gasteiger partial charge in [-0.3, -0.25) is 0 Å². The van der Waals surface area contributed by atoms with Crippen LogP contribution in [0.25, 0.3) is 10.9 Å². The fourth-order valence-electron chi connectivity index (χ4n) is 4.05. The normalized spacial score (nSPS) is 18.2. The molecule has 1 aliphatic rings. The monoisotopic (exact) mass is 452 g/mol. The SMILES string of the molecule is CN(C)c1nc(NC2CCC(NC(=S)NCc3ccc(F)cc3)CC2)nc2ccccc12. The van der Waals surface area contributed by atoms with Crippen LogP contribution in [0, 0.1) is 5.82 Å². The van der Waals surface area contributed by atoms with Crippen molar-refractivity contribution in [2.24, 2.45) is 0 Å². The number of nitrogens with one attached hydrogen (secondary N) is 3. The standard InChI is InChI=1S/C24H29FN6S/c1-31(2)22-20-5-3-4-6-21(20)29-23(30-22)27-18-11-13-19(14-12-18)28-24(32)26-15-16-7-9-17(25)10-8-16/h3-10,18-19H,11-15H2,1-2H3,(H2,26,28,32)(H,27,29,30). The van der Waals surface area contributed by atoms with Crippen LogP contribution in [0.4, 0.5) is 16.2 Å². The van der Waals surface area contributed by atoms with E-state index in [0.29, 0.717) is 29.7 Å². The Morgan fingerprint density at radius 2 is 1.69 bits per heavy atom. The highest BCUT2D eigenvalue weighted by atomic mass is 32.1. The van der Waals surface area contributed by atoms with Gasteiger partial charge in [-0.15, -0.1) is 0 Å². The van der Waals surface area contributed by atoms with Gasteiger partial charge in [0.1, 0.15) is 11.6 Å². The molecule has 0 atom stereocenters. The van der Waals surface area contributed by atoms with Crippen molar-refractivity contribution in [1.82, 2.24) is 20.6 Å². The van der Waals surface area contributed by atoms with Crippen molar-refractivity contribution in [2.45, 2.75) is 44.3 Å². The van der Waals surface area contributed by atoms with Gasteiger partial charge in [0.05, 0.1) is 5.52 Å². The number of benzene rings is 2. The van der Waals surface area contributed by atoms with Gasteiger partial charge < -0.3 is 20.9 Å². The number of hydrogen-bond donors (Lipinski definition) is 3. The third kappa shape index (κ3) is 5.62. The van der Waals surface area contributed by atoms with Crippen molar-refractivity contribution in [3.8, 4) is 0 Å². The Bertz CT molecular complexity index is 1060. The minimum atomic E-state index is -0.230. The topological polar surface area (TPSA) is 65.1 Å². The van der Waals surface area contributed by atoms with E-state index in [1.165, 1.54) is 12.1 Å². The molecule has 168 valence electrons. The zero-order valence-corrected chi connectivity index (χ0v) is 19.3. The van der Waals surface area contributed by atoms with E-state index in [-0.39, 0.29) is 5.82 Å². The van der Waals surface area contributed by atoms with Crippen molar-refractivity contribution in [3.05, 3.63) is 59.9 Å². The molecule has 3 aromatic rings. The highest BCUT2D eigenvalue weighted by molar-refractivity contribution is 7.80. The van der Waals surface area contributed by atoms with E-state index < -0.39 is 0 Å². The molecule has 6 nitrogen and oxygen atoms in total. The van der Waals surface area contributed by atoms with Crippen LogP contribution in [0.3, 0.4) is 0 Å². The van der Waals surface area contributed by atoms with E-state index in [9.17, 15) is 4.39 Å². The lowest BCUT2D eigenvalue weighted by Gasteiger charge is -2.30. The first-order valence-corrected chi connectivity index (χ1v) is 11.4. The first-order chi connectivity index (χ1) is 15.5. The quantitative estimate of drug-likeness (QED) is 0.484. The zero-order chi connectivity index (χ0) is 22.5. The summed E-state index contributed by atoms with van der Waals surface area (Å²) in [6.45, 7) is 0.580. The Balaban J connectivity index is 1.27. The second kappa shape index (κ2) is 10.1. The summed E-state index contributed by atoms with van der Waals surface area (Å²) in [7, 11) is 4.00. The summed E-state index contributed by atoms with van der Waals surface area (Å²) in [6, 6.07) is 15.2. The van der Waals surface area contributed by atoms with Crippen molar-refractivity contribution in [1.29, 1.82) is 0 Å². The maximum atomic E-state index is 13.0. The van der Waals surface area contributed by atoms with E-state index in [4.69, 9.17) is 22.2 Å². The van der Waals surface area contributed by atoms with Gasteiger partial charge in [-0.05, 0) is 67.7 Å². The number of anilines is 2. The molecule has 1 saturated carbocycles. The predicted molar refractivity (Wildman–Crippen MR) is 133 cm³/mol. The minimum absolute atomic E-state index is 0.230. The second-order valence-corrected chi connectivity index (χ2v) is 8.84. The number of rotatable bonds is 6. The van der Waals surface area contributed by atoms with Crippen LogP contribution < -0.4 is 20.9 Å². The third-order valence-corrected chi connectivity index (χ3v) is 6.03. The van der Waals surface area contributed by atoms with Gasteiger partial charge in [-0.2, -0.15) is 4.98 Å². The van der Waals surface area contributed by atoms with Gasteiger partial charge in [-0.25, -0.2) is 9.37 Å². The Morgan fingerprint density at radius 1 is 1.00 bits per heavy atom. The highest BCUT2D eigenvalue weighted by Gasteiger charge is 2.22. The lowest BCUT2D eigenvalue weighted by molar-refractivity contribution is 0.385. The molecule has 0 radical (unpaired) electrons. The second-order valence-electron chi connectivity index (χ2n) is 8.43. The van der Waals surface area contributed by atoms with E-state index in [1.54, 1.807) is 12.1 Å². The summed E-state index contributed by atoms with van der Waals surface area (Å²) < 4.78 is 13.0. The summed E-state index contributed by atoms with van der Waals surface area (Å²) in [4.78, 5) is 11.5. The summed E-state index contributed by atoms with van der Waals surface area (Å²) in [5.41, 5.74) is 1.94. The fourth-order valence-corrected chi connectivity index (χ4v) is 4.29. The summed E-state index contributed by atoms with van der Waals surface area (Å²) in [6.07, 6.45) is 4.08. The van der Waals surface area contributed by atoms with Crippen molar-refractivity contribution in [3.63, 3.8) is 0 Å². The molecular formula is C24H29FN6S. The van der Waals surface area contributed by atoms with Gasteiger partial charge in [0.2, 0.25) is 5.95 Å². The minimum Gasteiger partial charge on any atom is -0.362 e. The fraction of sp³-hybridized carbons (Fsp3) is 0.375. The van der Waals surface area contributed by atoms with Crippen LogP contribution in [0.5, 0.6) is 0 Å². The average molecular weight is 453 g/mol. The number of hydrogen-bond acceptors (Lipinski definition) is 5. The molecular weight excluding hydrogens is 423 g/mol. The Kier molecular flexibility index (Phi) is 6.99. The lowest BCUT2D eigenvalue weighted by Crippen LogP contribution is -2.44. The van der Waals surface area contributed by atoms with E-state index >= 15 is 0 Å². The molecule has 1 fully saturated rings. The van der Waals surface area contributed by atoms with E-state index in [1.807, 2.05) is 37.2 Å². The molecule has 3 N–H and O–H groups in total. The molecule has 1 aromatic heterocycles. The van der Waals surface area contributed by atoms with Crippen LogP contribution in [-0.4, -0.2) is 41.3 Å². The number of aromatic nitrogens is 2. The molecule has 8 heteroatoms. The largest absolute Gasteiger partial charge is 0.362 e. The third-order valence-electron chi connectivity index (χ3n) is 5.77. The Hall–Kier alpha value is -3.00. The van der Waals surface area contributed by atoms with Gasteiger partial charge in [0.25, 0.3) is 0 Å². The first-order valence-electron chi connectivity index (χ1n) is 11.0. The van der Waals surface area contributed by atoms with E-state index in [0.717, 1.165) is 48.0 Å². The predicted octanol–water partition coefficient (Wildman–Crippen LogP) is 4.22. The van der Waals surface area contributed by atoms with Crippen molar-refractivity contribution < 1.29 is 4.39 Å². The summed E-state index contributed by atoms with van der Waals surface area (Å²) >= 11 is 5.44. The van der Waals surface area contributed by atoms with Crippen molar-refractivity contribution >= 4 is 40.0 Å². The van der Waals surface area contributed by atoms with Gasteiger partial charge in [-0.1, -0.05) is 24.3 Å². The molecule has 32 heavy (non-hydrogen) atoms. The number of para-hydroxylation sites is 1. The van der Waals surface area contributed by atoms with Gasteiger partial charge in [0.15, 0.2) is 5.11 Å². The molecule has 0 spiro atoms. The van der Waals surface area contributed by atoms with Gasteiger partial charge in [0, 0.05) is 38.1 Å². The number of nitrogens with zero attached hydrogens (tertiary/aromatic N) is 3. The molecule has 1 aliphatic carbocycles. The summed E-state index contributed by atoms with van der Waals surface area (Å²) in [5.74, 6) is 1.37.